The van der Waals surface area contributed by atoms with Crippen molar-refractivity contribution in [1.82, 2.24) is 19.6 Å². The summed E-state index contributed by atoms with van der Waals surface area (Å²) in [5.74, 6) is 1.19. The fourth-order valence-corrected chi connectivity index (χ4v) is 3.83. The van der Waals surface area contributed by atoms with E-state index in [9.17, 15) is 4.79 Å². The van der Waals surface area contributed by atoms with Gasteiger partial charge in [-0.2, -0.15) is 4.98 Å². The minimum absolute atomic E-state index is 0.0687. The van der Waals surface area contributed by atoms with Gasteiger partial charge in [-0.25, -0.2) is 9.50 Å². The van der Waals surface area contributed by atoms with E-state index in [-0.39, 0.29) is 11.7 Å². The van der Waals surface area contributed by atoms with Gasteiger partial charge in [0.1, 0.15) is 0 Å². The summed E-state index contributed by atoms with van der Waals surface area (Å²) < 4.78 is 1.57. The molecule has 138 valence electrons. The molecule has 1 aliphatic carbocycles. The zero-order chi connectivity index (χ0) is 19.3. The largest absolute Gasteiger partial charge is 0.294 e. The summed E-state index contributed by atoms with van der Waals surface area (Å²) in [6.45, 7) is 0. The van der Waals surface area contributed by atoms with Crippen molar-refractivity contribution in [2.45, 2.75) is 18.8 Å². The molecule has 2 heterocycles. The van der Waals surface area contributed by atoms with E-state index in [1.165, 1.54) is 0 Å². The standard InChI is InChI=1S/C21H14Cl2N4O/c22-15-5-1-12(2-6-15)14-9-18-17(19(28)10-14)11-27-21(24-18)25-20(26-27)13-3-7-16(23)8-4-13/h1-8,11,14H,9-10H2/t14-/m0/s1. The zero-order valence-corrected chi connectivity index (χ0v) is 16.2. The summed E-state index contributed by atoms with van der Waals surface area (Å²) in [6, 6.07) is 15.0. The van der Waals surface area contributed by atoms with Gasteiger partial charge in [0.05, 0.1) is 11.3 Å². The van der Waals surface area contributed by atoms with E-state index in [1.54, 1.807) is 22.8 Å². The zero-order valence-electron chi connectivity index (χ0n) is 14.6. The van der Waals surface area contributed by atoms with Crippen molar-refractivity contribution >= 4 is 34.8 Å². The van der Waals surface area contributed by atoms with E-state index in [1.807, 2.05) is 36.4 Å². The van der Waals surface area contributed by atoms with Crippen molar-refractivity contribution in [3.8, 4) is 11.4 Å². The van der Waals surface area contributed by atoms with Gasteiger partial charge in [-0.3, -0.25) is 4.79 Å². The predicted molar refractivity (Wildman–Crippen MR) is 108 cm³/mol. The summed E-state index contributed by atoms with van der Waals surface area (Å²) in [4.78, 5) is 21.9. The van der Waals surface area contributed by atoms with Crippen LogP contribution in [0.2, 0.25) is 10.0 Å². The van der Waals surface area contributed by atoms with E-state index in [0.29, 0.717) is 40.1 Å². The molecule has 2 aromatic carbocycles. The highest BCUT2D eigenvalue weighted by atomic mass is 35.5. The number of nitrogens with zero attached hydrogens (tertiary/aromatic N) is 4. The lowest BCUT2D eigenvalue weighted by atomic mass is 9.82. The highest BCUT2D eigenvalue weighted by Gasteiger charge is 2.28. The van der Waals surface area contributed by atoms with Crippen LogP contribution in [0.4, 0.5) is 0 Å². The molecular weight excluding hydrogens is 395 g/mol. The van der Waals surface area contributed by atoms with E-state index >= 15 is 0 Å². The van der Waals surface area contributed by atoms with Crippen molar-refractivity contribution in [2.24, 2.45) is 0 Å². The molecule has 5 rings (SSSR count). The minimum atomic E-state index is 0.0687. The van der Waals surface area contributed by atoms with Gasteiger partial charge in [0.25, 0.3) is 5.78 Å². The first kappa shape index (κ1) is 17.3. The lowest BCUT2D eigenvalue weighted by molar-refractivity contribution is 0.0962. The van der Waals surface area contributed by atoms with Crippen LogP contribution in [0.1, 0.15) is 34.0 Å². The average molecular weight is 409 g/mol. The van der Waals surface area contributed by atoms with Gasteiger partial charge in [-0.15, -0.1) is 5.10 Å². The van der Waals surface area contributed by atoms with Crippen LogP contribution in [0.5, 0.6) is 0 Å². The number of fused-ring (bicyclic) bond motifs is 2. The Morgan fingerprint density at radius 3 is 2.29 bits per heavy atom. The van der Waals surface area contributed by atoms with E-state index < -0.39 is 0 Å². The minimum Gasteiger partial charge on any atom is -0.294 e. The SMILES string of the molecule is O=C1C[C@@H](c2ccc(Cl)cc2)Cc2nc3nc(-c4ccc(Cl)cc4)nn3cc21. The fraction of sp³-hybridized carbons (Fsp3) is 0.143. The molecule has 28 heavy (non-hydrogen) atoms. The summed E-state index contributed by atoms with van der Waals surface area (Å²) in [5.41, 5.74) is 3.32. The Bertz CT molecular complexity index is 1200. The summed E-state index contributed by atoms with van der Waals surface area (Å²) in [7, 11) is 0. The number of aromatic nitrogens is 4. The predicted octanol–water partition coefficient (Wildman–Crippen LogP) is 5.01. The van der Waals surface area contributed by atoms with Crippen molar-refractivity contribution in [1.29, 1.82) is 0 Å². The second kappa shape index (κ2) is 6.69. The van der Waals surface area contributed by atoms with Crippen LogP contribution >= 0.6 is 23.2 Å². The Kier molecular flexibility index (Phi) is 4.14. The molecule has 7 heteroatoms. The second-order valence-corrected chi connectivity index (χ2v) is 7.74. The molecule has 0 N–H and O–H groups in total. The Balaban J connectivity index is 1.53. The number of carbonyl (C=O) groups excluding carboxylic acids is 1. The molecule has 0 saturated carbocycles. The van der Waals surface area contributed by atoms with Gasteiger partial charge in [0.15, 0.2) is 11.6 Å². The highest BCUT2D eigenvalue weighted by Crippen LogP contribution is 2.32. The molecular formula is C21H14Cl2N4O. The molecule has 5 nitrogen and oxygen atoms in total. The summed E-state index contributed by atoms with van der Waals surface area (Å²) >= 11 is 11.9. The third kappa shape index (κ3) is 3.07. The Hall–Kier alpha value is -2.76. The average Bonchev–Trinajstić information content (AvgIpc) is 3.10. The number of halogens is 2. The number of hydrogen-bond donors (Lipinski definition) is 0. The summed E-state index contributed by atoms with van der Waals surface area (Å²) in [5, 5.41) is 5.81. The number of carbonyl (C=O) groups is 1. The number of benzene rings is 2. The smallest absolute Gasteiger partial charge is 0.252 e. The maximum Gasteiger partial charge on any atom is 0.252 e. The van der Waals surface area contributed by atoms with Crippen LogP contribution < -0.4 is 0 Å². The van der Waals surface area contributed by atoms with Crippen LogP contribution in [-0.2, 0) is 6.42 Å². The third-order valence-electron chi connectivity index (χ3n) is 5.03. The molecule has 0 radical (unpaired) electrons. The van der Waals surface area contributed by atoms with Crippen molar-refractivity contribution < 1.29 is 4.79 Å². The van der Waals surface area contributed by atoms with Gasteiger partial charge < -0.3 is 0 Å². The topological polar surface area (TPSA) is 60.2 Å². The molecule has 0 fully saturated rings. The van der Waals surface area contributed by atoms with Crippen LogP contribution in [-0.4, -0.2) is 25.4 Å². The van der Waals surface area contributed by atoms with Gasteiger partial charge in [0, 0.05) is 28.2 Å². The molecule has 1 atom stereocenters. The number of ketones is 1. The van der Waals surface area contributed by atoms with Crippen LogP contribution in [0.25, 0.3) is 17.2 Å². The highest BCUT2D eigenvalue weighted by molar-refractivity contribution is 6.30. The van der Waals surface area contributed by atoms with Gasteiger partial charge in [-0.05, 0) is 54.3 Å². The first-order chi connectivity index (χ1) is 13.6. The molecule has 1 aliphatic rings. The Morgan fingerprint density at radius 1 is 0.893 bits per heavy atom. The molecule has 0 unspecified atom stereocenters. The lowest BCUT2D eigenvalue weighted by Crippen LogP contribution is -2.21. The number of hydrogen-bond acceptors (Lipinski definition) is 4. The van der Waals surface area contributed by atoms with E-state index in [0.717, 1.165) is 16.8 Å². The molecule has 0 aliphatic heterocycles. The first-order valence-electron chi connectivity index (χ1n) is 8.88. The molecule has 0 spiro atoms. The van der Waals surface area contributed by atoms with Crippen LogP contribution in [0.3, 0.4) is 0 Å². The molecule has 2 aromatic heterocycles. The van der Waals surface area contributed by atoms with Crippen molar-refractivity contribution in [2.75, 3.05) is 0 Å². The second-order valence-electron chi connectivity index (χ2n) is 6.87. The van der Waals surface area contributed by atoms with Crippen molar-refractivity contribution in [3.05, 3.63) is 81.6 Å². The Labute approximate surface area is 171 Å². The van der Waals surface area contributed by atoms with Crippen molar-refractivity contribution in [3.63, 3.8) is 0 Å². The van der Waals surface area contributed by atoms with Gasteiger partial charge in [0.2, 0.25) is 0 Å². The van der Waals surface area contributed by atoms with Crippen LogP contribution in [0, 0.1) is 0 Å². The molecule has 4 aromatic rings. The normalized spacial score (nSPS) is 16.4. The summed E-state index contributed by atoms with van der Waals surface area (Å²) in [6.07, 6.45) is 2.87. The number of Topliss-reactive ketones (excluding diaryl/α,β-unsaturated/α-hetero) is 1. The van der Waals surface area contributed by atoms with Gasteiger partial charge >= 0.3 is 0 Å². The molecule has 0 saturated heterocycles. The lowest BCUT2D eigenvalue weighted by Gasteiger charge is -2.23. The molecule has 0 amide bonds. The maximum atomic E-state index is 12.8. The quantitative estimate of drug-likeness (QED) is 0.467. The van der Waals surface area contributed by atoms with Gasteiger partial charge in [-0.1, -0.05) is 35.3 Å². The third-order valence-corrected chi connectivity index (χ3v) is 5.53. The Morgan fingerprint density at radius 2 is 1.57 bits per heavy atom. The van der Waals surface area contributed by atoms with Crippen LogP contribution in [0.15, 0.2) is 54.7 Å². The fourth-order valence-electron chi connectivity index (χ4n) is 3.58. The maximum absolute atomic E-state index is 12.8. The monoisotopic (exact) mass is 408 g/mol. The van der Waals surface area contributed by atoms with E-state index in [2.05, 4.69) is 15.1 Å². The van der Waals surface area contributed by atoms with E-state index in [4.69, 9.17) is 23.2 Å². The molecule has 0 bridgehead atoms. The first-order valence-corrected chi connectivity index (χ1v) is 9.63. The number of rotatable bonds is 2.